The summed E-state index contributed by atoms with van der Waals surface area (Å²) < 4.78 is 1.45. The van der Waals surface area contributed by atoms with E-state index in [0.717, 1.165) is 5.56 Å². The molecule has 144 valence electrons. The number of nitrogens with zero attached hydrogens (tertiary/aromatic N) is 2. The topological polar surface area (TPSA) is 131 Å². The number of aromatic nitrogens is 2. The standard InChI is InChI=1S/C19H20N6O3/c1-2-25-17(27)14-5-3-4-6-15(14)22-19(25)24-23-16(26)13-9-7-12(8-10-13)11-21-18(20)28/h3-10H,2,11H2,1H3,(H,22,24)(H,23,26)(H3,20,21,28). The van der Waals surface area contributed by atoms with Gasteiger partial charge in [-0.25, -0.2) is 9.78 Å². The van der Waals surface area contributed by atoms with Gasteiger partial charge in [0.05, 0.1) is 10.9 Å². The average Bonchev–Trinajstić information content (AvgIpc) is 2.71. The van der Waals surface area contributed by atoms with Crippen molar-refractivity contribution < 1.29 is 9.59 Å². The van der Waals surface area contributed by atoms with Crippen LogP contribution in [0.3, 0.4) is 0 Å². The molecule has 9 heteroatoms. The minimum Gasteiger partial charge on any atom is -0.352 e. The SMILES string of the molecule is CCn1c(NNC(=O)c2ccc(CNC(N)=O)cc2)nc2ccccc2c1=O. The molecular weight excluding hydrogens is 360 g/mol. The van der Waals surface area contributed by atoms with Crippen molar-refractivity contribution in [3.05, 3.63) is 70.0 Å². The smallest absolute Gasteiger partial charge is 0.312 e. The number of amides is 3. The van der Waals surface area contributed by atoms with Gasteiger partial charge in [0.1, 0.15) is 0 Å². The summed E-state index contributed by atoms with van der Waals surface area (Å²) in [5, 5.41) is 2.99. The van der Waals surface area contributed by atoms with Gasteiger partial charge in [-0.2, -0.15) is 0 Å². The van der Waals surface area contributed by atoms with Gasteiger partial charge in [0.2, 0.25) is 5.95 Å². The van der Waals surface area contributed by atoms with Crippen LogP contribution in [-0.4, -0.2) is 21.5 Å². The summed E-state index contributed by atoms with van der Waals surface area (Å²) in [5.74, 6) is -0.138. The lowest BCUT2D eigenvalue weighted by Crippen LogP contribution is -2.34. The lowest BCUT2D eigenvalue weighted by Gasteiger charge is -2.14. The Morgan fingerprint density at radius 2 is 1.82 bits per heavy atom. The highest BCUT2D eigenvalue weighted by molar-refractivity contribution is 5.94. The van der Waals surface area contributed by atoms with Gasteiger partial charge in [-0.1, -0.05) is 24.3 Å². The molecule has 0 saturated heterocycles. The van der Waals surface area contributed by atoms with Gasteiger partial charge in [0.15, 0.2) is 0 Å². The van der Waals surface area contributed by atoms with E-state index in [1.807, 2.05) is 6.92 Å². The molecule has 0 saturated carbocycles. The number of rotatable bonds is 6. The second-order valence-corrected chi connectivity index (χ2v) is 6.00. The average molecular weight is 380 g/mol. The number of hydrazine groups is 1. The molecule has 0 aliphatic rings. The van der Waals surface area contributed by atoms with Gasteiger partial charge in [-0.3, -0.25) is 25.0 Å². The summed E-state index contributed by atoms with van der Waals surface area (Å²) in [6, 6.07) is 13.1. The Balaban J connectivity index is 1.74. The van der Waals surface area contributed by atoms with Gasteiger partial charge in [0.25, 0.3) is 11.5 Å². The van der Waals surface area contributed by atoms with Crippen LogP contribution in [0.25, 0.3) is 10.9 Å². The molecule has 0 unspecified atom stereocenters. The van der Waals surface area contributed by atoms with Gasteiger partial charge in [-0.15, -0.1) is 0 Å². The molecule has 3 aromatic rings. The maximum absolute atomic E-state index is 12.6. The number of fused-ring (bicyclic) bond motifs is 1. The van der Waals surface area contributed by atoms with Crippen LogP contribution in [0.15, 0.2) is 53.3 Å². The Labute approximate surface area is 160 Å². The molecule has 0 radical (unpaired) electrons. The number of urea groups is 1. The number of carbonyl (C=O) groups excluding carboxylic acids is 2. The monoisotopic (exact) mass is 380 g/mol. The second kappa shape index (κ2) is 8.21. The van der Waals surface area contributed by atoms with Crippen LogP contribution in [0.4, 0.5) is 10.7 Å². The normalized spacial score (nSPS) is 10.5. The quantitative estimate of drug-likeness (QED) is 0.479. The van der Waals surface area contributed by atoms with Crippen LogP contribution in [0.1, 0.15) is 22.8 Å². The fourth-order valence-electron chi connectivity index (χ4n) is 2.70. The zero-order chi connectivity index (χ0) is 20.1. The molecule has 0 spiro atoms. The van der Waals surface area contributed by atoms with E-state index in [1.165, 1.54) is 4.57 Å². The minimum absolute atomic E-state index is 0.184. The molecule has 0 atom stereocenters. The molecule has 9 nitrogen and oxygen atoms in total. The van der Waals surface area contributed by atoms with Crippen molar-refractivity contribution in [2.24, 2.45) is 5.73 Å². The van der Waals surface area contributed by atoms with Gasteiger partial charge in [-0.05, 0) is 36.8 Å². The molecule has 28 heavy (non-hydrogen) atoms. The van der Waals surface area contributed by atoms with Crippen LogP contribution in [0.5, 0.6) is 0 Å². The lowest BCUT2D eigenvalue weighted by molar-refractivity contribution is 0.0962. The minimum atomic E-state index is -0.615. The first-order valence-electron chi connectivity index (χ1n) is 8.67. The summed E-state index contributed by atoms with van der Waals surface area (Å²) in [5.41, 5.74) is 11.9. The number of primary amides is 1. The predicted octanol–water partition coefficient (Wildman–Crippen LogP) is 1.34. The van der Waals surface area contributed by atoms with Crippen molar-refractivity contribution in [3.63, 3.8) is 0 Å². The first-order chi connectivity index (χ1) is 13.5. The number of benzene rings is 2. The highest BCUT2D eigenvalue weighted by atomic mass is 16.2. The van der Waals surface area contributed by atoms with Crippen LogP contribution in [-0.2, 0) is 13.1 Å². The number of carbonyl (C=O) groups is 2. The first kappa shape index (κ1) is 18.9. The van der Waals surface area contributed by atoms with E-state index in [0.29, 0.717) is 23.0 Å². The summed E-state index contributed by atoms with van der Waals surface area (Å²) in [4.78, 5) is 40.1. The first-order valence-corrected chi connectivity index (χ1v) is 8.67. The lowest BCUT2D eigenvalue weighted by atomic mass is 10.1. The van der Waals surface area contributed by atoms with Crippen LogP contribution >= 0.6 is 0 Å². The van der Waals surface area contributed by atoms with Crippen LogP contribution in [0, 0.1) is 0 Å². The number of hydrogen-bond acceptors (Lipinski definition) is 5. The van der Waals surface area contributed by atoms with Crippen molar-refractivity contribution in [3.8, 4) is 0 Å². The molecule has 5 N–H and O–H groups in total. The van der Waals surface area contributed by atoms with Gasteiger partial charge >= 0.3 is 6.03 Å². The molecule has 0 bridgehead atoms. The summed E-state index contributed by atoms with van der Waals surface area (Å²) >= 11 is 0. The largest absolute Gasteiger partial charge is 0.352 e. The maximum atomic E-state index is 12.6. The Hall–Kier alpha value is -3.88. The van der Waals surface area contributed by atoms with Crippen molar-refractivity contribution in [2.75, 3.05) is 5.43 Å². The van der Waals surface area contributed by atoms with Crippen LogP contribution < -0.4 is 27.5 Å². The number of nitrogens with one attached hydrogen (secondary N) is 3. The Morgan fingerprint density at radius 3 is 2.50 bits per heavy atom. The highest BCUT2D eigenvalue weighted by Gasteiger charge is 2.11. The molecule has 0 aliphatic carbocycles. The molecule has 1 heterocycles. The fraction of sp³-hybridized carbons (Fsp3) is 0.158. The zero-order valence-corrected chi connectivity index (χ0v) is 15.2. The molecular formula is C19H20N6O3. The van der Waals surface area contributed by atoms with Crippen LogP contribution in [0.2, 0.25) is 0 Å². The molecule has 2 aromatic carbocycles. The molecule has 0 aliphatic heterocycles. The summed E-state index contributed by atoms with van der Waals surface area (Å²) in [6.07, 6.45) is 0. The predicted molar refractivity (Wildman–Crippen MR) is 106 cm³/mol. The summed E-state index contributed by atoms with van der Waals surface area (Å²) in [6.45, 7) is 2.50. The third-order valence-electron chi connectivity index (χ3n) is 4.15. The summed E-state index contributed by atoms with van der Waals surface area (Å²) in [7, 11) is 0. The molecule has 1 aromatic heterocycles. The number of para-hydroxylation sites is 1. The molecule has 0 fully saturated rings. The Kier molecular flexibility index (Phi) is 5.54. The van der Waals surface area contributed by atoms with Crippen molar-refractivity contribution in [1.29, 1.82) is 0 Å². The van der Waals surface area contributed by atoms with E-state index in [4.69, 9.17) is 5.73 Å². The van der Waals surface area contributed by atoms with E-state index in [-0.39, 0.29) is 24.0 Å². The van der Waals surface area contributed by atoms with E-state index in [1.54, 1.807) is 48.5 Å². The van der Waals surface area contributed by atoms with Crippen molar-refractivity contribution >= 4 is 28.8 Å². The zero-order valence-electron chi connectivity index (χ0n) is 15.2. The highest BCUT2D eigenvalue weighted by Crippen LogP contribution is 2.11. The van der Waals surface area contributed by atoms with Crippen molar-refractivity contribution in [2.45, 2.75) is 20.0 Å². The van der Waals surface area contributed by atoms with Gasteiger partial charge in [0, 0.05) is 18.7 Å². The van der Waals surface area contributed by atoms with E-state index in [2.05, 4.69) is 21.2 Å². The van der Waals surface area contributed by atoms with E-state index in [9.17, 15) is 14.4 Å². The fourth-order valence-corrected chi connectivity index (χ4v) is 2.70. The number of anilines is 1. The Morgan fingerprint density at radius 1 is 1.11 bits per heavy atom. The number of hydrogen-bond donors (Lipinski definition) is 4. The third-order valence-corrected chi connectivity index (χ3v) is 4.15. The van der Waals surface area contributed by atoms with E-state index < -0.39 is 6.03 Å². The number of nitrogens with two attached hydrogens (primary N) is 1. The van der Waals surface area contributed by atoms with Gasteiger partial charge < -0.3 is 11.1 Å². The molecule has 3 rings (SSSR count). The second-order valence-electron chi connectivity index (χ2n) is 6.00. The Bertz CT molecular complexity index is 1080. The van der Waals surface area contributed by atoms with Crippen molar-refractivity contribution in [1.82, 2.24) is 20.3 Å². The van der Waals surface area contributed by atoms with E-state index >= 15 is 0 Å². The maximum Gasteiger partial charge on any atom is 0.312 e. The third kappa shape index (κ3) is 4.09. The molecule has 3 amide bonds.